The van der Waals surface area contributed by atoms with Gasteiger partial charge in [-0.2, -0.15) is 0 Å². The van der Waals surface area contributed by atoms with Crippen LogP contribution in [0.15, 0.2) is 65.5 Å². The quantitative estimate of drug-likeness (QED) is 0.606. The molecule has 0 radical (unpaired) electrons. The Bertz CT molecular complexity index is 1050. The highest BCUT2D eigenvalue weighted by atomic mass is 16.2. The zero-order valence-corrected chi connectivity index (χ0v) is 16.5. The number of para-hydroxylation sites is 1. The number of hydrogen-bond donors (Lipinski definition) is 2. The Hall–Kier alpha value is -3.61. The standard InChI is InChI=1S/C22H24N4O3/c1-16-20(22(29)26(25(16)2)18-12-7-4-8-13-18)24-19(27)14-9-15-23-21(28)17-10-5-3-6-11-17/h3-8,10-13H,9,14-15H2,1-2H3,(H,23,28)(H,24,27). The van der Waals surface area contributed by atoms with Gasteiger partial charge in [-0.05, 0) is 37.6 Å². The van der Waals surface area contributed by atoms with E-state index in [4.69, 9.17) is 0 Å². The number of nitrogens with zero attached hydrogens (tertiary/aromatic N) is 2. The van der Waals surface area contributed by atoms with Crippen LogP contribution in [-0.4, -0.2) is 27.7 Å². The van der Waals surface area contributed by atoms with Crippen molar-refractivity contribution in [2.45, 2.75) is 19.8 Å². The van der Waals surface area contributed by atoms with Crippen LogP contribution in [0, 0.1) is 6.92 Å². The normalized spacial score (nSPS) is 10.6. The van der Waals surface area contributed by atoms with Crippen molar-refractivity contribution in [1.29, 1.82) is 0 Å². The molecule has 2 amide bonds. The van der Waals surface area contributed by atoms with Crippen LogP contribution >= 0.6 is 0 Å². The lowest BCUT2D eigenvalue weighted by atomic mass is 10.2. The summed E-state index contributed by atoms with van der Waals surface area (Å²) in [6.07, 6.45) is 0.678. The van der Waals surface area contributed by atoms with Crippen LogP contribution in [-0.2, 0) is 11.8 Å². The van der Waals surface area contributed by atoms with Gasteiger partial charge in [0.15, 0.2) is 0 Å². The van der Waals surface area contributed by atoms with Crippen molar-refractivity contribution in [2.75, 3.05) is 11.9 Å². The summed E-state index contributed by atoms with van der Waals surface area (Å²) in [6, 6.07) is 18.2. The predicted molar refractivity (Wildman–Crippen MR) is 112 cm³/mol. The molecule has 3 rings (SSSR count). The highest BCUT2D eigenvalue weighted by Crippen LogP contribution is 2.14. The Balaban J connectivity index is 1.57. The van der Waals surface area contributed by atoms with E-state index in [1.807, 2.05) is 36.4 Å². The molecule has 0 aliphatic rings. The van der Waals surface area contributed by atoms with Gasteiger partial charge in [0, 0.05) is 25.6 Å². The fraction of sp³-hybridized carbons (Fsp3) is 0.227. The highest BCUT2D eigenvalue weighted by molar-refractivity contribution is 5.94. The van der Waals surface area contributed by atoms with E-state index in [2.05, 4.69) is 10.6 Å². The molecule has 0 aliphatic heterocycles. The maximum Gasteiger partial charge on any atom is 0.295 e. The van der Waals surface area contributed by atoms with E-state index < -0.39 is 0 Å². The van der Waals surface area contributed by atoms with Crippen LogP contribution in [0.2, 0.25) is 0 Å². The first kappa shape index (κ1) is 20.1. The molecule has 1 heterocycles. The SMILES string of the molecule is Cc1c(NC(=O)CCCNC(=O)c2ccccc2)c(=O)n(-c2ccccc2)n1C. The maximum absolute atomic E-state index is 12.8. The maximum atomic E-state index is 12.8. The van der Waals surface area contributed by atoms with E-state index >= 15 is 0 Å². The van der Waals surface area contributed by atoms with Crippen LogP contribution in [0.3, 0.4) is 0 Å². The number of carbonyl (C=O) groups is 2. The molecule has 0 unspecified atom stereocenters. The van der Waals surface area contributed by atoms with E-state index in [0.29, 0.717) is 24.2 Å². The van der Waals surface area contributed by atoms with Crippen molar-refractivity contribution in [1.82, 2.24) is 14.7 Å². The molecule has 0 spiro atoms. The lowest BCUT2D eigenvalue weighted by Gasteiger charge is -2.07. The minimum Gasteiger partial charge on any atom is -0.352 e. The third kappa shape index (κ3) is 4.63. The van der Waals surface area contributed by atoms with Crippen molar-refractivity contribution >= 4 is 17.5 Å². The Labute approximate surface area is 169 Å². The van der Waals surface area contributed by atoms with Crippen LogP contribution in [0.25, 0.3) is 5.69 Å². The van der Waals surface area contributed by atoms with E-state index in [1.54, 1.807) is 42.9 Å². The summed E-state index contributed by atoms with van der Waals surface area (Å²) >= 11 is 0. The van der Waals surface area contributed by atoms with Gasteiger partial charge in [0.25, 0.3) is 11.5 Å². The molecule has 29 heavy (non-hydrogen) atoms. The largest absolute Gasteiger partial charge is 0.352 e. The van der Waals surface area contributed by atoms with Crippen LogP contribution in [0.4, 0.5) is 5.69 Å². The van der Waals surface area contributed by atoms with E-state index in [9.17, 15) is 14.4 Å². The lowest BCUT2D eigenvalue weighted by Crippen LogP contribution is -2.26. The highest BCUT2D eigenvalue weighted by Gasteiger charge is 2.17. The van der Waals surface area contributed by atoms with Crippen molar-refractivity contribution in [3.8, 4) is 5.69 Å². The number of rotatable bonds is 7. The molecule has 0 saturated heterocycles. The first-order valence-corrected chi connectivity index (χ1v) is 9.46. The minimum atomic E-state index is -0.276. The number of amides is 2. The predicted octanol–water partition coefficient (Wildman–Crippen LogP) is 2.63. The fourth-order valence-electron chi connectivity index (χ4n) is 3.06. The molecule has 0 bridgehead atoms. The zero-order chi connectivity index (χ0) is 20.8. The molecule has 7 nitrogen and oxygen atoms in total. The van der Waals surface area contributed by atoms with Gasteiger partial charge in [-0.3, -0.25) is 19.1 Å². The monoisotopic (exact) mass is 392 g/mol. The number of carbonyl (C=O) groups excluding carboxylic acids is 2. The molecule has 0 aliphatic carbocycles. The van der Waals surface area contributed by atoms with Crippen molar-refractivity contribution in [3.05, 3.63) is 82.3 Å². The Kier molecular flexibility index (Phi) is 6.29. The Morgan fingerprint density at radius 2 is 1.59 bits per heavy atom. The Morgan fingerprint density at radius 3 is 2.24 bits per heavy atom. The average Bonchev–Trinajstić information content (AvgIpc) is 2.95. The number of hydrogen-bond acceptors (Lipinski definition) is 3. The van der Waals surface area contributed by atoms with Gasteiger partial charge in [0.05, 0.1) is 11.4 Å². The molecule has 3 aromatic rings. The average molecular weight is 392 g/mol. The van der Waals surface area contributed by atoms with Crippen LogP contribution in [0.1, 0.15) is 28.9 Å². The molecule has 1 aromatic heterocycles. The first-order valence-electron chi connectivity index (χ1n) is 9.46. The summed E-state index contributed by atoms with van der Waals surface area (Å²) in [7, 11) is 1.78. The molecule has 7 heteroatoms. The summed E-state index contributed by atoms with van der Waals surface area (Å²) in [5.74, 6) is -0.430. The summed E-state index contributed by atoms with van der Waals surface area (Å²) in [6.45, 7) is 2.17. The summed E-state index contributed by atoms with van der Waals surface area (Å²) in [5.41, 5.74) is 1.98. The second-order valence-corrected chi connectivity index (χ2v) is 6.71. The zero-order valence-electron chi connectivity index (χ0n) is 16.5. The number of anilines is 1. The van der Waals surface area contributed by atoms with Gasteiger partial charge in [-0.1, -0.05) is 36.4 Å². The minimum absolute atomic E-state index is 0.171. The Morgan fingerprint density at radius 1 is 0.966 bits per heavy atom. The molecular weight excluding hydrogens is 368 g/mol. The van der Waals surface area contributed by atoms with Gasteiger partial charge in [0.1, 0.15) is 5.69 Å². The van der Waals surface area contributed by atoms with Gasteiger partial charge in [-0.25, -0.2) is 4.68 Å². The summed E-state index contributed by atoms with van der Waals surface area (Å²) in [4.78, 5) is 37.1. The number of benzene rings is 2. The second kappa shape index (κ2) is 9.05. The third-order valence-electron chi connectivity index (χ3n) is 4.72. The second-order valence-electron chi connectivity index (χ2n) is 6.71. The molecule has 0 fully saturated rings. The topological polar surface area (TPSA) is 85.1 Å². The fourth-order valence-corrected chi connectivity index (χ4v) is 3.06. The molecule has 150 valence electrons. The van der Waals surface area contributed by atoms with Gasteiger partial charge < -0.3 is 10.6 Å². The summed E-state index contributed by atoms with van der Waals surface area (Å²) in [5, 5.41) is 5.51. The lowest BCUT2D eigenvalue weighted by molar-refractivity contribution is -0.116. The summed E-state index contributed by atoms with van der Waals surface area (Å²) < 4.78 is 3.23. The van der Waals surface area contributed by atoms with Crippen LogP contribution < -0.4 is 16.2 Å². The van der Waals surface area contributed by atoms with Gasteiger partial charge in [0.2, 0.25) is 5.91 Å². The molecule has 2 aromatic carbocycles. The van der Waals surface area contributed by atoms with Gasteiger partial charge in [-0.15, -0.1) is 0 Å². The molecule has 2 N–H and O–H groups in total. The number of aromatic nitrogens is 2. The molecule has 0 saturated carbocycles. The van der Waals surface area contributed by atoms with Gasteiger partial charge >= 0.3 is 0 Å². The smallest absolute Gasteiger partial charge is 0.295 e. The van der Waals surface area contributed by atoms with E-state index in [0.717, 1.165) is 5.69 Å². The van der Waals surface area contributed by atoms with E-state index in [-0.39, 0.29) is 29.5 Å². The van der Waals surface area contributed by atoms with Crippen molar-refractivity contribution < 1.29 is 9.59 Å². The van der Waals surface area contributed by atoms with Crippen molar-refractivity contribution in [3.63, 3.8) is 0 Å². The molecular formula is C22H24N4O3. The van der Waals surface area contributed by atoms with Crippen molar-refractivity contribution in [2.24, 2.45) is 7.05 Å². The first-order chi connectivity index (χ1) is 14.0. The van der Waals surface area contributed by atoms with Crippen LogP contribution in [0.5, 0.6) is 0 Å². The molecule has 0 atom stereocenters. The third-order valence-corrected chi connectivity index (χ3v) is 4.72. The number of nitrogens with one attached hydrogen (secondary N) is 2. The van der Waals surface area contributed by atoms with E-state index in [1.165, 1.54) is 4.68 Å².